The molecule has 1 aromatic rings. The maximum Gasteiger partial charge on any atom is 0.239 e. The topological polar surface area (TPSA) is 84.7 Å². The predicted octanol–water partition coefficient (Wildman–Crippen LogP) is 0.821. The molecule has 23 heavy (non-hydrogen) atoms. The van der Waals surface area contributed by atoms with Crippen LogP contribution >= 0.6 is 12.4 Å². The second-order valence-electron chi connectivity index (χ2n) is 5.52. The van der Waals surface area contributed by atoms with Crippen LogP contribution in [-0.2, 0) is 27.4 Å². The van der Waals surface area contributed by atoms with E-state index >= 15 is 0 Å². The van der Waals surface area contributed by atoms with E-state index in [-0.39, 0.29) is 30.8 Å². The molecule has 2 amide bonds. The molecule has 1 unspecified atom stereocenters. The average Bonchev–Trinajstić information content (AvgIpc) is 2.90. The van der Waals surface area contributed by atoms with Crippen LogP contribution in [0.4, 0.5) is 0 Å². The third kappa shape index (κ3) is 5.82. The number of hydrogen-bond donors (Lipinski definition) is 2. The van der Waals surface area contributed by atoms with Crippen molar-refractivity contribution in [2.24, 2.45) is 5.73 Å². The Morgan fingerprint density at radius 2 is 2.17 bits per heavy atom. The van der Waals surface area contributed by atoms with E-state index in [2.05, 4.69) is 5.32 Å². The highest BCUT2D eigenvalue weighted by Gasteiger charge is 2.20. The molecule has 128 valence electrons. The normalized spacial score (nSPS) is 15.2. The quantitative estimate of drug-likeness (QED) is 0.769. The van der Waals surface area contributed by atoms with Crippen LogP contribution in [0.5, 0.6) is 0 Å². The van der Waals surface area contributed by atoms with Crippen molar-refractivity contribution in [2.75, 3.05) is 20.3 Å². The Hall–Kier alpha value is -1.63. The first-order valence-electron chi connectivity index (χ1n) is 7.48. The lowest BCUT2D eigenvalue weighted by Crippen LogP contribution is -2.43. The lowest BCUT2D eigenvalue weighted by Gasteiger charge is -2.16. The van der Waals surface area contributed by atoms with Gasteiger partial charge in [0, 0.05) is 33.2 Å². The van der Waals surface area contributed by atoms with Gasteiger partial charge < -0.3 is 20.7 Å². The van der Waals surface area contributed by atoms with Crippen LogP contribution in [-0.4, -0.2) is 43.0 Å². The second kappa shape index (κ2) is 9.50. The SMILES string of the molecule is COCC(N)C(=O)NCc1cccc(CN2CCCC2=O)c1.Cl. The zero-order chi connectivity index (χ0) is 15.9. The van der Waals surface area contributed by atoms with Crippen LogP contribution in [0.15, 0.2) is 24.3 Å². The standard InChI is InChI=1S/C16H23N3O3.ClH/c1-22-11-14(17)16(21)18-9-12-4-2-5-13(8-12)10-19-7-3-6-15(19)20;/h2,4-5,8,14H,3,6-7,9-11,17H2,1H3,(H,18,21);1H. The summed E-state index contributed by atoms with van der Waals surface area (Å²) in [6.07, 6.45) is 1.58. The van der Waals surface area contributed by atoms with Gasteiger partial charge in [0.2, 0.25) is 11.8 Å². The first kappa shape index (κ1) is 19.4. The van der Waals surface area contributed by atoms with Crippen molar-refractivity contribution in [1.82, 2.24) is 10.2 Å². The number of nitrogens with two attached hydrogens (primary N) is 1. The van der Waals surface area contributed by atoms with E-state index in [4.69, 9.17) is 10.5 Å². The molecule has 0 bridgehead atoms. The van der Waals surface area contributed by atoms with Gasteiger partial charge in [0.05, 0.1) is 6.61 Å². The summed E-state index contributed by atoms with van der Waals surface area (Å²) in [5.41, 5.74) is 7.73. The van der Waals surface area contributed by atoms with Crippen LogP contribution in [0.1, 0.15) is 24.0 Å². The van der Waals surface area contributed by atoms with Crippen LogP contribution in [0, 0.1) is 0 Å². The third-order valence-corrected chi connectivity index (χ3v) is 3.69. The summed E-state index contributed by atoms with van der Waals surface area (Å²) in [7, 11) is 1.51. The molecule has 1 aliphatic rings. The minimum absolute atomic E-state index is 0. The zero-order valence-electron chi connectivity index (χ0n) is 13.3. The monoisotopic (exact) mass is 341 g/mol. The molecule has 1 atom stereocenters. The largest absolute Gasteiger partial charge is 0.383 e. The molecule has 2 rings (SSSR count). The van der Waals surface area contributed by atoms with Gasteiger partial charge in [-0.2, -0.15) is 0 Å². The second-order valence-corrected chi connectivity index (χ2v) is 5.52. The van der Waals surface area contributed by atoms with Gasteiger partial charge in [0.25, 0.3) is 0 Å². The molecule has 0 aliphatic carbocycles. The van der Waals surface area contributed by atoms with E-state index < -0.39 is 6.04 Å². The summed E-state index contributed by atoms with van der Waals surface area (Å²) in [5.74, 6) is -0.0220. The van der Waals surface area contributed by atoms with Crippen molar-refractivity contribution in [1.29, 1.82) is 0 Å². The molecule has 0 radical (unpaired) electrons. The molecule has 0 spiro atoms. The maximum atomic E-state index is 11.7. The number of amides is 2. The van der Waals surface area contributed by atoms with Crippen molar-refractivity contribution in [3.05, 3.63) is 35.4 Å². The van der Waals surface area contributed by atoms with Crippen molar-refractivity contribution < 1.29 is 14.3 Å². The van der Waals surface area contributed by atoms with E-state index in [1.54, 1.807) is 0 Å². The summed E-state index contributed by atoms with van der Waals surface area (Å²) >= 11 is 0. The van der Waals surface area contributed by atoms with Crippen molar-refractivity contribution in [3.63, 3.8) is 0 Å². The Balaban J connectivity index is 0.00000264. The fraction of sp³-hybridized carbons (Fsp3) is 0.500. The van der Waals surface area contributed by atoms with Gasteiger partial charge in [-0.3, -0.25) is 9.59 Å². The first-order chi connectivity index (χ1) is 10.6. The molecule has 1 heterocycles. The fourth-order valence-corrected chi connectivity index (χ4v) is 2.51. The highest BCUT2D eigenvalue weighted by molar-refractivity contribution is 5.85. The summed E-state index contributed by atoms with van der Waals surface area (Å²) in [4.78, 5) is 25.3. The van der Waals surface area contributed by atoms with Gasteiger partial charge in [-0.15, -0.1) is 12.4 Å². The van der Waals surface area contributed by atoms with Gasteiger partial charge in [-0.25, -0.2) is 0 Å². The minimum atomic E-state index is -0.657. The summed E-state index contributed by atoms with van der Waals surface area (Å²) in [5, 5.41) is 2.79. The number of rotatable bonds is 7. The van der Waals surface area contributed by atoms with Crippen molar-refractivity contribution in [3.8, 4) is 0 Å². The fourth-order valence-electron chi connectivity index (χ4n) is 2.51. The Morgan fingerprint density at radius 3 is 2.83 bits per heavy atom. The number of carbonyl (C=O) groups is 2. The number of ether oxygens (including phenoxy) is 1. The summed E-state index contributed by atoms with van der Waals surface area (Å²) in [6.45, 7) is 2.07. The van der Waals surface area contributed by atoms with E-state index in [0.29, 0.717) is 19.5 Å². The summed E-state index contributed by atoms with van der Waals surface area (Å²) < 4.78 is 4.86. The Bertz CT molecular complexity index is 539. The van der Waals surface area contributed by atoms with Crippen molar-refractivity contribution >= 4 is 24.2 Å². The molecule has 1 aliphatic heterocycles. The van der Waals surface area contributed by atoms with Gasteiger partial charge >= 0.3 is 0 Å². The maximum absolute atomic E-state index is 11.7. The molecule has 3 N–H and O–H groups in total. The molecule has 7 heteroatoms. The summed E-state index contributed by atoms with van der Waals surface area (Å²) in [6, 6.07) is 7.22. The van der Waals surface area contributed by atoms with E-state index in [1.807, 2.05) is 29.2 Å². The van der Waals surface area contributed by atoms with Crippen LogP contribution in [0.25, 0.3) is 0 Å². The number of halogens is 1. The lowest BCUT2D eigenvalue weighted by molar-refractivity contribution is -0.128. The number of nitrogens with zero attached hydrogens (tertiary/aromatic N) is 1. The average molecular weight is 342 g/mol. The number of nitrogens with one attached hydrogen (secondary N) is 1. The number of methoxy groups -OCH3 is 1. The smallest absolute Gasteiger partial charge is 0.239 e. The number of hydrogen-bond acceptors (Lipinski definition) is 4. The van der Waals surface area contributed by atoms with E-state index in [0.717, 1.165) is 24.1 Å². The molecular formula is C16H24ClN3O3. The molecule has 1 fully saturated rings. The molecule has 0 saturated carbocycles. The third-order valence-electron chi connectivity index (χ3n) is 3.69. The minimum Gasteiger partial charge on any atom is -0.383 e. The van der Waals surface area contributed by atoms with Gasteiger partial charge in [-0.1, -0.05) is 24.3 Å². The number of benzene rings is 1. The number of likely N-dealkylation sites (tertiary alicyclic amines) is 1. The van der Waals surface area contributed by atoms with Crippen molar-refractivity contribution in [2.45, 2.75) is 32.0 Å². The highest BCUT2D eigenvalue weighted by atomic mass is 35.5. The Morgan fingerprint density at radius 1 is 1.43 bits per heavy atom. The molecule has 1 aromatic carbocycles. The van der Waals surface area contributed by atoms with E-state index in [1.165, 1.54) is 7.11 Å². The molecule has 0 aromatic heterocycles. The Kier molecular flexibility index (Phi) is 8.02. The van der Waals surface area contributed by atoms with Crippen LogP contribution in [0.3, 0.4) is 0 Å². The van der Waals surface area contributed by atoms with Gasteiger partial charge in [0.15, 0.2) is 0 Å². The van der Waals surface area contributed by atoms with Crippen LogP contribution < -0.4 is 11.1 Å². The molecule has 1 saturated heterocycles. The number of carbonyl (C=O) groups excluding carboxylic acids is 2. The van der Waals surface area contributed by atoms with E-state index in [9.17, 15) is 9.59 Å². The lowest BCUT2D eigenvalue weighted by atomic mass is 10.1. The highest BCUT2D eigenvalue weighted by Crippen LogP contribution is 2.15. The molecule has 6 nitrogen and oxygen atoms in total. The van der Waals surface area contributed by atoms with Crippen LogP contribution in [0.2, 0.25) is 0 Å². The van der Waals surface area contributed by atoms with Gasteiger partial charge in [-0.05, 0) is 17.5 Å². The van der Waals surface area contributed by atoms with Gasteiger partial charge in [0.1, 0.15) is 6.04 Å². The predicted molar refractivity (Wildman–Crippen MR) is 90.0 cm³/mol. The first-order valence-corrected chi connectivity index (χ1v) is 7.48. The molecular weight excluding hydrogens is 318 g/mol. The zero-order valence-corrected chi connectivity index (χ0v) is 14.1. The Labute approximate surface area is 142 Å².